The molecule has 0 saturated heterocycles. The number of rotatable bonds is 4. The van der Waals surface area contributed by atoms with Crippen LogP contribution in [0.5, 0.6) is 5.88 Å². The maximum atomic E-state index is 11.9. The lowest BCUT2D eigenvalue weighted by atomic mass is 10.3. The van der Waals surface area contributed by atoms with Gasteiger partial charge in [0, 0.05) is 17.1 Å². The second-order valence-corrected chi connectivity index (χ2v) is 4.98. The molecule has 0 bridgehead atoms. The van der Waals surface area contributed by atoms with Gasteiger partial charge in [0.2, 0.25) is 5.88 Å². The molecule has 0 aliphatic carbocycles. The first-order valence-corrected chi connectivity index (χ1v) is 6.32. The summed E-state index contributed by atoms with van der Waals surface area (Å²) in [6.45, 7) is 6.21. The molecule has 0 aliphatic rings. The molecule has 0 unspecified atom stereocenters. The summed E-state index contributed by atoms with van der Waals surface area (Å²) in [4.78, 5) is 16.1. The summed E-state index contributed by atoms with van der Waals surface area (Å²) < 4.78 is 7.74. The average molecular weight is 309 g/mol. The Hall–Kier alpha value is -1.62. The zero-order valence-corrected chi connectivity index (χ0v) is 11.6. The van der Waals surface area contributed by atoms with Crippen molar-refractivity contribution in [1.29, 1.82) is 0 Å². The van der Waals surface area contributed by atoms with Crippen molar-refractivity contribution in [3.63, 3.8) is 0 Å². The molecule has 0 aliphatic heterocycles. The van der Waals surface area contributed by atoms with E-state index in [9.17, 15) is 4.79 Å². The van der Waals surface area contributed by atoms with Gasteiger partial charge in [0.05, 0.1) is 12.7 Å². The van der Waals surface area contributed by atoms with Crippen LogP contribution in [-0.2, 0) is 0 Å². The van der Waals surface area contributed by atoms with Crippen LogP contribution in [0.25, 0.3) is 5.65 Å². The van der Waals surface area contributed by atoms with Crippen LogP contribution in [0.4, 0.5) is 0 Å². The summed E-state index contributed by atoms with van der Waals surface area (Å²) in [6, 6.07) is 4.98. The molecule has 0 aromatic carbocycles. The Morgan fingerprint density at radius 2 is 2.33 bits per heavy atom. The fourth-order valence-corrected chi connectivity index (χ4v) is 1.80. The molecule has 0 amide bonds. The minimum absolute atomic E-state index is 0.161. The molecule has 5 heteroatoms. The number of hydrogen-bond donors (Lipinski definition) is 0. The number of pyridine rings is 1. The first-order chi connectivity index (χ1) is 8.56. The molecule has 4 nitrogen and oxygen atoms in total. The van der Waals surface area contributed by atoms with Crippen molar-refractivity contribution in [3.8, 4) is 5.88 Å². The van der Waals surface area contributed by atoms with Crippen molar-refractivity contribution < 1.29 is 4.74 Å². The van der Waals surface area contributed by atoms with Crippen molar-refractivity contribution >= 4 is 21.6 Å². The van der Waals surface area contributed by atoms with Gasteiger partial charge in [-0.25, -0.2) is 0 Å². The van der Waals surface area contributed by atoms with Gasteiger partial charge in [0.1, 0.15) is 5.65 Å². The zero-order chi connectivity index (χ0) is 13.1. The molecule has 0 saturated carbocycles. The van der Waals surface area contributed by atoms with Gasteiger partial charge in [0.25, 0.3) is 5.56 Å². The van der Waals surface area contributed by atoms with E-state index in [1.807, 2.05) is 13.0 Å². The summed E-state index contributed by atoms with van der Waals surface area (Å²) in [5.74, 6) is 0.351. The SMILES string of the molecule is C=C(C)CCOc1cc(=O)n2cc(Br)ccc2n1. The molecule has 2 rings (SSSR count). The topological polar surface area (TPSA) is 43.6 Å². The smallest absolute Gasteiger partial charge is 0.261 e. The van der Waals surface area contributed by atoms with E-state index in [0.717, 1.165) is 16.5 Å². The van der Waals surface area contributed by atoms with E-state index in [1.54, 1.807) is 12.3 Å². The molecule has 0 atom stereocenters. The van der Waals surface area contributed by atoms with Crippen LogP contribution in [0.15, 0.2) is 45.8 Å². The predicted octanol–water partition coefficient (Wildman–Crippen LogP) is 2.80. The largest absolute Gasteiger partial charge is 0.477 e. The number of ether oxygens (including phenoxy) is 1. The quantitative estimate of drug-likeness (QED) is 0.816. The third-order valence-electron chi connectivity index (χ3n) is 2.38. The van der Waals surface area contributed by atoms with Crippen molar-refractivity contribution in [2.45, 2.75) is 13.3 Å². The molecule has 0 N–H and O–H groups in total. The van der Waals surface area contributed by atoms with E-state index in [2.05, 4.69) is 27.5 Å². The minimum atomic E-state index is -0.161. The van der Waals surface area contributed by atoms with Gasteiger partial charge in [-0.1, -0.05) is 5.57 Å². The third-order valence-corrected chi connectivity index (χ3v) is 2.85. The van der Waals surface area contributed by atoms with Crippen molar-refractivity contribution in [1.82, 2.24) is 9.38 Å². The first-order valence-electron chi connectivity index (χ1n) is 5.52. The summed E-state index contributed by atoms with van der Waals surface area (Å²) >= 11 is 3.31. The summed E-state index contributed by atoms with van der Waals surface area (Å²) in [5.41, 5.74) is 1.44. The normalized spacial score (nSPS) is 10.6. The molecule has 0 spiro atoms. The molecular formula is C13H13BrN2O2. The molecule has 0 radical (unpaired) electrons. The summed E-state index contributed by atoms with van der Waals surface area (Å²) in [7, 11) is 0. The van der Waals surface area contributed by atoms with Crippen LogP contribution in [0.1, 0.15) is 13.3 Å². The van der Waals surface area contributed by atoms with Gasteiger partial charge < -0.3 is 4.74 Å². The highest BCUT2D eigenvalue weighted by Crippen LogP contribution is 2.12. The van der Waals surface area contributed by atoms with Crippen molar-refractivity contribution in [3.05, 3.63) is 51.4 Å². The third kappa shape index (κ3) is 2.98. The number of fused-ring (bicyclic) bond motifs is 1. The second-order valence-electron chi connectivity index (χ2n) is 4.06. The molecule has 2 aromatic rings. The van der Waals surface area contributed by atoms with Crippen LogP contribution in [0.3, 0.4) is 0 Å². The number of halogens is 1. The van der Waals surface area contributed by atoms with Gasteiger partial charge >= 0.3 is 0 Å². The zero-order valence-electron chi connectivity index (χ0n) is 10.0. The monoisotopic (exact) mass is 308 g/mol. The molecule has 2 heterocycles. The maximum absolute atomic E-state index is 11.9. The van der Waals surface area contributed by atoms with Gasteiger partial charge in [-0.05, 0) is 35.0 Å². The van der Waals surface area contributed by atoms with Crippen LogP contribution in [0, 0.1) is 0 Å². The van der Waals surface area contributed by atoms with Crippen molar-refractivity contribution in [2.24, 2.45) is 0 Å². The molecule has 94 valence electrons. The van der Waals surface area contributed by atoms with E-state index in [0.29, 0.717) is 18.1 Å². The highest BCUT2D eigenvalue weighted by Gasteiger charge is 2.03. The summed E-state index contributed by atoms with van der Waals surface area (Å²) in [6.07, 6.45) is 2.43. The number of hydrogen-bond acceptors (Lipinski definition) is 3. The Kier molecular flexibility index (Phi) is 3.81. The van der Waals surface area contributed by atoms with Gasteiger partial charge in [-0.3, -0.25) is 9.20 Å². The molecule has 18 heavy (non-hydrogen) atoms. The van der Waals surface area contributed by atoms with Crippen LogP contribution < -0.4 is 10.3 Å². The molecule has 2 aromatic heterocycles. The fraction of sp³-hybridized carbons (Fsp3) is 0.231. The van der Waals surface area contributed by atoms with Crippen LogP contribution in [-0.4, -0.2) is 16.0 Å². The lowest BCUT2D eigenvalue weighted by Gasteiger charge is -2.06. The fourth-order valence-electron chi connectivity index (χ4n) is 1.46. The standard InChI is InChI=1S/C13H13BrN2O2/c1-9(2)5-6-18-12-7-13(17)16-8-10(14)3-4-11(16)15-12/h3-4,7-8H,1,5-6H2,2H3. The Labute approximate surface area is 113 Å². The first kappa shape index (κ1) is 12.8. The second kappa shape index (κ2) is 5.35. The van der Waals surface area contributed by atoms with Gasteiger partial charge in [-0.15, -0.1) is 6.58 Å². The van der Waals surface area contributed by atoms with Crippen molar-refractivity contribution in [2.75, 3.05) is 6.61 Å². The molecule has 0 fully saturated rings. The lowest BCUT2D eigenvalue weighted by Crippen LogP contribution is -2.15. The van der Waals surface area contributed by atoms with Gasteiger partial charge in [0.15, 0.2) is 0 Å². The Morgan fingerprint density at radius 1 is 1.56 bits per heavy atom. The minimum Gasteiger partial charge on any atom is -0.477 e. The van der Waals surface area contributed by atoms with E-state index in [4.69, 9.17) is 4.74 Å². The Morgan fingerprint density at radius 3 is 3.06 bits per heavy atom. The Balaban J connectivity index is 2.29. The predicted molar refractivity (Wildman–Crippen MR) is 74.1 cm³/mol. The van der Waals surface area contributed by atoms with E-state index >= 15 is 0 Å². The summed E-state index contributed by atoms with van der Waals surface area (Å²) in [5, 5.41) is 0. The number of nitrogens with zero attached hydrogens (tertiary/aromatic N) is 2. The molecular weight excluding hydrogens is 296 g/mol. The van der Waals surface area contributed by atoms with Gasteiger partial charge in [-0.2, -0.15) is 4.98 Å². The number of aromatic nitrogens is 2. The van der Waals surface area contributed by atoms with Crippen LogP contribution in [0.2, 0.25) is 0 Å². The van der Waals surface area contributed by atoms with E-state index in [-0.39, 0.29) is 5.56 Å². The Bertz CT molecular complexity index is 649. The maximum Gasteiger partial charge on any atom is 0.261 e. The highest BCUT2D eigenvalue weighted by atomic mass is 79.9. The van der Waals surface area contributed by atoms with Crippen LogP contribution >= 0.6 is 15.9 Å². The van der Waals surface area contributed by atoms with E-state index in [1.165, 1.54) is 10.5 Å². The average Bonchev–Trinajstić information content (AvgIpc) is 2.30. The van der Waals surface area contributed by atoms with E-state index < -0.39 is 0 Å². The highest BCUT2D eigenvalue weighted by molar-refractivity contribution is 9.10. The lowest BCUT2D eigenvalue weighted by molar-refractivity contribution is 0.309.